The molecule has 0 atom stereocenters. The van der Waals surface area contributed by atoms with Crippen molar-refractivity contribution >= 4 is 27.0 Å². The minimum Gasteiger partial charge on any atom is -2.00 e. The summed E-state index contributed by atoms with van der Waals surface area (Å²) >= 11 is 0. The molecule has 4 heavy (non-hydrogen) atoms. The predicted molar refractivity (Wildman–Crippen MR) is 17.7 cm³/mol. The van der Waals surface area contributed by atoms with Crippen molar-refractivity contribution < 1.29 is 37.7 Å². The Morgan fingerprint density at radius 2 is 0.750 bits per heavy atom. The van der Waals surface area contributed by atoms with Gasteiger partial charge >= 0.3 is 37.7 Å². The summed E-state index contributed by atoms with van der Waals surface area (Å²) in [7, 11) is 0. The van der Waals surface area contributed by atoms with Crippen LogP contribution in [0.1, 0.15) is 0 Å². The Labute approximate surface area is 64.3 Å². The van der Waals surface area contributed by atoms with E-state index >= 15 is 0 Å². The van der Waals surface area contributed by atoms with E-state index in [0.29, 0.717) is 0 Å². The van der Waals surface area contributed by atoms with Crippen LogP contribution in [0.2, 0.25) is 0 Å². The number of rotatable bonds is 0. The molecule has 0 aliphatic carbocycles. The molecule has 0 N–H and O–H groups in total. The molecule has 0 unspecified atom stereocenters. The molecule has 16 valence electrons. The molecule has 0 rings (SSSR count). The summed E-state index contributed by atoms with van der Waals surface area (Å²) in [6, 6.07) is 0. The van der Waals surface area contributed by atoms with Gasteiger partial charge in [-0.25, -0.2) is 0 Å². The molecule has 0 aromatic carbocycles. The van der Waals surface area contributed by atoms with E-state index in [2.05, 4.69) is 0 Å². The molecule has 0 saturated heterocycles. The average Bonchev–Trinajstić information content (AvgIpc) is 0. The van der Waals surface area contributed by atoms with Gasteiger partial charge in [0, 0.05) is 0 Å². The van der Waals surface area contributed by atoms with Gasteiger partial charge in [-0.1, -0.05) is 0 Å². The second-order valence-corrected chi connectivity index (χ2v) is 0. The molecule has 0 aliphatic heterocycles. The van der Waals surface area contributed by atoms with E-state index in [1.165, 1.54) is 0 Å². The van der Waals surface area contributed by atoms with Crippen LogP contribution in [-0.2, 0) is 13.5 Å². The first kappa shape index (κ1) is 39.3. The van der Waals surface area contributed by atoms with E-state index in [1.807, 2.05) is 0 Å². The first-order valence-corrected chi connectivity index (χ1v) is 0. The summed E-state index contributed by atoms with van der Waals surface area (Å²) in [6.45, 7) is 0. The standard InChI is InChI=1S/2Li.H2S.S/h;;1H2;/q2*+1;;-2. The Morgan fingerprint density at radius 3 is 0.750 bits per heavy atom. The van der Waals surface area contributed by atoms with Crippen LogP contribution in [-0.4, -0.2) is 0 Å². The third kappa shape index (κ3) is 9.09. The summed E-state index contributed by atoms with van der Waals surface area (Å²) in [4.78, 5) is 0. The minimum absolute atomic E-state index is 0. The van der Waals surface area contributed by atoms with Crippen molar-refractivity contribution in [1.82, 2.24) is 0 Å². The molecule has 0 amide bonds. The molecule has 0 heterocycles. The van der Waals surface area contributed by atoms with Crippen LogP contribution < -0.4 is 37.7 Å². The minimum atomic E-state index is 0. The van der Waals surface area contributed by atoms with Gasteiger partial charge in [-0.2, -0.15) is 13.5 Å². The van der Waals surface area contributed by atoms with Crippen molar-refractivity contribution in [1.29, 1.82) is 0 Å². The molecule has 0 aromatic heterocycles. The van der Waals surface area contributed by atoms with Crippen LogP contribution >= 0.6 is 13.5 Å². The van der Waals surface area contributed by atoms with Gasteiger partial charge in [0.1, 0.15) is 0 Å². The van der Waals surface area contributed by atoms with Gasteiger partial charge in [-0.3, -0.25) is 0 Å². The Bertz CT molecular complexity index is 4.00. The summed E-state index contributed by atoms with van der Waals surface area (Å²) < 4.78 is 0. The van der Waals surface area contributed by atoms with Crippen LogP contribution in [0.3, 0.4) is 0 Å². The van der Waals surface area contributed by atoms with Crippen molar-refractivity contribution in [2.24, 2.45) is 0 Å². The predicted octanol–water partition coefficient (Wildman–Crippen LogP) is -5.88. The zero-order chi connectivity index (χ0) is 0. The number of hydrogen-bond acceptors (Lipinski definition) is 0. The Morgan fingerprint density at radius 1 is 0.750 bits per heavy atom. The van der Waals surface area contributed by atoms with Gasteiger partial charge < -0.3 is 13.5 Å². The SMILES string of the molecule is S.[Li+].[Li+].[S-2]. The molecule has 0 aromatic rings. The van der Waals surface area contributed by atoms with Gasteiger partial charge in [-0.05, 0) is 0 Å². The molecule has 4 heteroatoms. The van der Waals surface area contributed by atoms with Gasteiger partial charge in [0.25, 0.3) is 0 Å². The first-order valence-electron chi connectivity index (χ1n) is 0. The van der Waals surface area contributed by atoms with Crippen LogP contribution in [0.4, 0.5) is 0 Å². The second kappa shape index (κ2) is 20.7. The summed E-state index contributed by atoms with van der Waals surface area (Å²) in [5.74, 6) is 0. The maximum absolute atomic E-state index is 0. The largest absolute Gasteiger partial charge is 2.00 e. The van der Waals surface area contributed by atoms with E-state index in [9.17, 15) is 0 Å². The molecule has 0 spiro atoms. The molecule has 0 aliphatic rings. The van der Waals surface area contributed by atoms with Gasteiger partial charge in [0.2, 0.25) is 0 Å². The normalized spacial score (nSPS) is 0. The topological polar surface area (TPSA) is 0 Å². The van der Waals surface area contributed by atoms with Crippen molar-refractivity contribution in [2.45, 2.75) is 0 Å². The molecular formula is H2Li2S2. The Kier molecular flexibility index (Phi) is 203. The third-order valence-corrected chi connectivity index (χ3v) is 0. The van der Waals surface area contributed by atoms with Crippen LogP contribution in [0.15, 0.2) is 0 Å². The van der Waals surface area contributed by atoms with Gasteiger partial charge in [0.05, 0.1) is 0 Å². The van der Waals surface area contributed by atoms with Gasteiger partial charge in [0.15, 0.2) is 0 Å². The average molecular weight is 80.0 g/mol. The van der Waals surface area contributed by atoms with E-state index < -0.39 is 0 Å². The monoisotopic (exact) mass is 80.0 g/mol. The van der Waals surface area contributed by atoms with E-state index in [0.717, 1.165) is 0 Å². The zero-order valence-corrected chi connectivity index (χ0v) is 4.72. The summed E-state index contributed by atoms with van der Waals surface area (Å²) in [5, 5.41) is 0. The molecule has 0 saturated carbocycles. The molecule has 0 radical (unpaired) electrons. The Hall–Kier alpha value is 1.89. The molecule has 0 fully saturated rings. The van der Waals surface area contributed by atoms with Crippen LogP contribution in [0.5, 0.6) is 0 Å². The maximum Gasteiger partial charge on any atom is 1.00 e. The van der Waals surface area contributed by atoms with E-state index in [4.69, 9.17) is 0 Å². The molecular weight excluding hydrogens is 78.0 g/mol. The van der Waals surface area contributed by atoms with Crippen molar-refractivity contribution in [3.63, 3.8) is 0 Å². The Balaban J connectivity index is 0. The van der Waals surface area contributed by atoms with Crippen LogP contribution in [0.25, 0.3) is 0 Å². The smallest absolute Gasteiger partial charge is 1.00 e. The fourth-order valence-electron chi connectivity index (χ4n) is 0. The van der Waals surface area contributed by atoms with E-state index in [1.54, 1.807) is 0 Å². The van der Waals surface area contributed by atoms with Crippen molar-refractivity contribution in [3.05, 3.63) is 0 Å². The fourth-order valence-corrected chi connectivity index (χ4v) is 0. The fraction of sp³-hybridized carbons (Fsp3) is 0. The third-order valence-electron chi connectivity index (χ3n) is 0. The maximum atomic E-state index is 0. The molecule has 0 nitrogen and oxygen atoms in total. The van der Waals surface area contributed by atoms with Crippen molar-refractivity contribution in [3.8, 4) is 0 Å². The second-order valence-electron chi connectivity index (χ2n) is 0. The first-order chi connectivity index (χ1) is 0. The number of hydrogen-bond donors (Lipinski definition) is 0. The summed E-state index contributed by atoms with van der Waals surface area (Å²) in [6.07, 6.45) is 0. The van der Waals surface area contributed by atoms with Crippen molar-refractivity contribution in [2.75, 3.05) is 0 Å². The quantitative estimate of drug-likeness (QED) is 0.254. The summed E-state index contributed by atoms with van der Waals surface area (Å²) in [5.41, 5.74) is 0. The zero-order valence-electron chi connectivity index (χ0n) is 2.91. The van der Waals surface area contributed by atoms with E-state index in [-0.39, 0.29) is 64.7 Å². The van der Waals surface area contributed by atoms with Crippen LogP contribution in [0, 0.1) is 0 Å². The molecule has 0 bridgehead atoms. The van der Waals surface area contributed by atoms with Gasteiger partial charge in [-0.15, -0.1) is 0 Å².